The van der Waals surface area contributed by atoms with E-state index in [1.165, 1.54) is 13.1 Å². The molecule has 0 atom stereocenters. The Morgan fingerprint density at radius 1 is 1.36 bits per heavy atom. The minimum atomic E-state index is -0.315. The van der Waals surface area contributed by atoms with Gasteiger partial charge in [0.05, 0.1) is 11.7 Å². The number of hydrogen-bond donors (Lipinski definition) is 2. The van der Waals surface area contributed by atoms with Gasteiger partial charge in [-0.05, 0) is 17.7 Å². The van der Waals surface area contributed by atoms with Crippen LogP contribution in [0.3, 0.4) is 0 Å². The molecular formula is C16H14N4O2. The zero-order valence-electron chi connectivity index (χ0n) is 12.0. The van der Waals surface area contributed by atoms with Crippen LogP contribution < -0.4 is 5.32 Å². The monoisotopic (exact) mass is 294 g/mol. The molecular weight excluding hydrogens is 280 g/mol. The van der Waals surface area contributed by atoms with E-state index in [2.05, 4.69) is 20.5 Å². The number of amides is 1. The van der Waals surface area contributed by atoms with Gasteiger partial charge in [-0.1, -0.05) is 18.2 Å². The lowest BCUT2D eigenvalue weighted by Crippen LogP contribution is -2.20. The molecule has 0 aliphatic heterocycles. The van der Waals surface area contributed by atoms with Crippen LogP contribution in [0.2, 0.25) is 0 Å². The van der Waals surface area contributed by atoms with Crippen LogP contribution in [-0.2, 0) is 6.42 Å². The molecule has 3 rings (SSSR count). The summed E-state index contributed by atoms with van der Waals surface area (Å²) in [5.74, 6) is -0.315. The Hall–Kier alpha value is -3.02. The van der Waals surface area contributed by atoms with Gasteiger partial charge in [-0.15, -0.1) is 0 Å². The summed E-state index contributed by atoms with van der Waals surface area (Å²) in [6.07, 6.45) is 2.98. The highest BCUT2D eigenvalue weighted by Crippen LogP contribution is 2.19. The van der Waals surface area contributed by atoms with Crippen LogP contribution >= 0.6 is 0 Å². The summed E-state index contributed by atoms with van der Waals surface area (Å²) in [4.78, 5) is 27.2. The lowest BCUT2D eigenvalue weighted by molar-refractivity contribution is 0.0958. The maximum Gasteiger partial charge on any atom is 0.269 e. The van der Waals surface area contributed by atoms with Crippen molar-refractivity contribution in [1.82, 2.24) is 20.5 Å². The normalized spacial score (nSPS) is 10.6. The predicted molar refractivity (Wildman–Crippen MR) is 81.9 cm³/mol. The SMILES string of the molecule is CNC(=O)c1cc(C=O)cc(Cc2cccc3cn[nH]c23)n1. The maximum absolute atomic E-state index is 11.8. The van der Waals surface area contributed by atoms with E-state index >= 15 is 0 Å². The van der Waals surface area contributed by atoms with Gasteiger partial charge in [0.2, 0.25) is 0 Å². The molecule has 110 valence electrons. The minimum Gasteiger partial charge on any atom is -0.354 e. The standard InChI is InChI=1S/C16H14N4O2/c1-17-16(22)14-6-10(9-21)5-13(19-14)7-11-3-2-4-12-8-18-20-15(11)12/h2-6,8-9H,7H2,1H3,(H,17,22)(H,18,20). The van der Waals surface area contributed by atoms with E-state index in [-0.39, 0.29) is 11.6 Å². The highest BCUT2D eigenvalue weighted by atomic mass is 16.1. The van der Waals surface area contributed by atoms with Gasteiger partial charge in [0.15, 0.2) is 0 Å². The van der Waals surface area contributed by atoms with Crippen LogP contribution in [0.15, 0.2) is 36.5 Å². The van der Waals surface area contributed by atoms with Crippen molar-refractivity contribution in [2.45, 2.75) is 6.42 Å². The molecule has 1 amide bonds. The maximum atomic E-state index is 11.8. The van der Waals surface area contributed by atoms with Crippen LogP contribution in [0.25, 0.3) is 10.9 Å². The second kappa shape index (κ2) is 5.77. The van der Waals surface area contributed by atoms with Crippen molar-refractivity contribution >= 4 is 23.1 Å². The van der Waals surface area contributed by atoms with Crippen LogP contribution in [0.5, 0.6) is 0 Å². The predicted octanol–water partition coefficient (Wildman–Crippen LogP) is 1.72. The Morgan fingerprint density at radius 2 is 2.23 bits per heavy atom. The lowest BCUT2D eigenvalue weighted by Gasteiger charge is -2.06. The number of nitrogens with one attached hydrogen (secondary N) is 2. The first-order valence-electron chi connectivity index (χ1n) is 6.80. The van der Waals surface area contributed by atoms with Crippen molar-refractivity contribution in [2.24, 2.45) is 0 Å². The van der Waals surface area contributed by atoms with E-state index in [4.69, 9.17) is 0 Å². The Labute approximate surface area is 126 Å². The van der Waals surface area contributed by atoms with E-state index in [0.29, 0.717) is 24.0 Å². The molecule has 3 aromatic rings. The zero-order valence-corrected chi connectivity index (χ0v) is 12.0. The number of carbonyl (C=O) groups excluding carboxylic acids is 2. The number of nitrogens with zero attached hydrogens (tertiary/aromatic N) is 2. The minimum absolute atomic E-state index is 0.235. The number of H-pyrrole nitrogens is 1. The van der Waals surface area contributed by atoms with Gasteiger partial charge in [-0.25, -0.2) is 4.98 Å². The molecule has 1 aromatic carbocycles. The van der Waals surface area contributed by atoms with E-state index in [1.54, 1.807) is 12.3 Å². The molecule has 0 fully saturated rings. The number of aromatic nitrogens is 3. The Balaban J connectivity index is 2.03. The highest BCUT2D eigenvalue weighted by Gasteiger charge is 2.11. The molecule has 0 saturated heterocycles. The molecule has 6 nitrogen and oxygen atoms in total. The first kappa shape index (κ1) is 13.9. The first-order valence-corrected chi connectivity index (χ1v) is 6.80. The van der Waals surface area contributed by atoms with Crippen molar-refractivity contribution in [1.29, 1.82) is 0 Å². The number of aromatic amines is 1. The molecule has 2 heterocycles. The van der Waals surface area contributed by atoms with Gasteiger partial charge in [0, 0.05) is 30.1 Å². The fourth-order valence-electron chi connectivity index (χ4n) is 2.39. The van der Waals surface area contributed by atoms with E-state index in [9.17, 15) is 9.59 Å². The molecule has 6 heteroatoms. The van der Waals surface area contributed by atoms with Gasteiger partial charge in [-0.3, -0.25) is 14.7 Å². The summed E-state index contributed by atoms with van der Waals surface area (Å²) in [6.45, 7) is 0. The van der Waals surface area contributed by atoms with Crippen molar-refractivity contribution in [3.63, 3.8) is 0 Å². The second-order valence-corrected chi connectivity index (χ2v) is 4.90. The van der Waals surface area contributed by atoms with Crippen molar-refractivity contribution in [3.8, 4) is 0 Å². The average molecular weight is 294 g/mol. The van der Waals surface area contributed by atoms with Crippen LogP contribution in [-0.4, -0.2) is 34.4 Å². The highest BCUT2D eigenvalue weighted by molar-refractivity contribution is 5.93. The molecule has 0 aliphatic carbocycles. The van der Waals surface area contributed by atoms with E-state index in [1.807, 2.05) is 18.2 Å². The number of aldehydes is 1. The number of para-hydroxylation sites is 1. The number of pyridine rings is 1. The molecule has 2 aromatic heterocycles. The second-order valence-electron chi connectivity index (χ2n) is 4.90. The van der Waals surface area contributed by atoms with Gasteiger partial charge in [0.1, 0.15) is 12.0 Å². The van der Waals surface area contributed by atoms with Crippen LogP contribution in [0.4, 0.5) is 0 Å². The third-order valence-corrected chi connectivity index (χ3v) is 3.43. The first-order chi connectivity index (χ1) is 10.7. The smallest absolute Gasteiger partial charge is 0.269 e. The summed E-state index contributed by atoms with van der Waals surface area (Å²) in [5.41, 5.74) is 3.26. The summed E-state index contributed by atoms with van der Waals surface area (Å²) in [5, 5.41) is 10.5. The van der Waals surface area contributed by atoms with E-state index < -0.39 is 0 Å². The fraction of sp³-hybridized carbons (Fsp3) is 0.125. The summed E-state index contributed by atoms with van der Waals surface area (Å²) < 4.78 is 0. The third kappa shape index (κ3) is 2.58. The van der Waals surface area contributed by atoms with Crippen molar-refractivity contribution in [2.75, 3.05) is 7.05 Å². The Bertz CT molecular complexity index is 854. The molecule has 0 aliphatic rings. The number of hydrogen-bond acceptors (Lipinski definition) is 4. The number of fused-ring (bicyclic) bond motifs is 1. The quantitative estimate of drug-likeness (QED) is 0.717. The molecule has 0 spiro atoms. The molecule has 2 N–H and O–H groups in total. The summed E-state index contributed by atoms with van der Waals surface area (Å²) >= 11 is 0. The number of benzene rings is 1. The zero-order chi connectivity index (χ0) is 15.5. The summed E-state index contributed by atoms with van der Waals surface area (Å²) in [6, 6.07) is 9.04. The topological polar surface area (TPSA) is 87.7 Å². The summed E-state index contributed by atoms with van der Waals surface area (Å²) in [7, 11) is 1.53. The van der Waals surface area contributed by atoms with Gasteiger partial charge >= 0.3 is 0 Å². The van der Waals surface area contributed by atoms with Gasteiger partial charge in [0.25, 0.3) is 5.91 Å². The average Bonchev–Trinajstić information content (AvgIpc) is 3.03. The van der Waals surface area contributed by atoms with Crippen LogP contribution in [0.1, 0.15) is 32.1 Å². The third-order valence-electron chi connectivity index (χ3n) is 3.43. The lowest BCUT2D eigenvalue weighted by atomic mass is 10.0. The van der Waals surface area contributed by atoms with Crippen LogP contribution in [0, 0.1) is 0 Å². The molecule has 0 bridgehead atoms. The Kier molecular flexibility index (Phi) is 3.65. The molecule has 0 saturated carbocycles. The molecule has 0 unspecified atom stereocenters. The number of rotatable bonds is 4. The fourth-order valence-corrected chi connectivity index (χ4v) is 2.39. The molecule has 0 radical (unpaired) electrons. The van der Waals surface area contributed by atoms with Crippen molar-refractivity contribution < 1.29 is 9.59 Å². The number of carbonyl (C=O) groups is 2. The van der Waals surface area contributed by atoms with Crippen molar-refractivity contribution in [3.05, 3.63) is 59.0 Å². The van der Waals surface area contributed by atoms with Gasteiger partial charge in [-0.2, -0.15) is 5.10 Å². The van der Waals surface area contributed by atoms with Gasteiger partial charge < -0.3 is 5.32 Å². The molecule has 22 heavy (non-hydrogen) atoms. The largest absolute Gasteiger partial charge is 0.354 e. The van der Waals surface area contributed by atoms with E-state index in [0.717, 1.165) is 16.5 Å². The Morgan fingerprint density at radius 3 is 3.00 bits per heavy atom.